The van der Waals surface area contributed by atoms with Gasteiger partial charge < -0.3 is 15.4 Å². The number of amides is 1. The van der Waals surface area contributed by atoms with Crippen molar-refractivity contribution in [2.75, 3.05) is 31.2 Å². The Morgan fingerprint density at radius 3 is 2.89 bits per heavy atom. The molecule has 94 valence electrons. The van der Waals surface area contributed by atoms with Crippen LogP contribution in [0.2, 0.25) is 0 Å². The first-order valence-corrected chi connectivity index (χ1v) is 5.73. The van der Waals surface area contributed by atoms with Gasteiger partial charge in [0.25, 0.3) is 5.91 Å². The molecule has 7 nitrogen and oxygen atoms in total. The van der Waals surface area contributed by atoms with E-state index in [1.54, 1.807) is 23.0 Å². The molecule has 0 saturated carbocycles. The van der Waals surface area contributed by atoms with Crippen molar-refractivity contribution in [1.82, 2.24) is 14.6 Å². The van der Waals surface area contributed by atoms with Crippen LogP contribution < -0.4 is 10.6 Å². The second kappa shape index (κ2) is 4.26. The minimum atomic E-state index is -0.509. The third-order valence-electron chi connectivity index (χ3n) is 2.93. The lowest BCUT2D eigenvalue weighted by atomic mass is 10.2. The highest BCUT2D eigenvalue weighted by Gasteiger charge is 2.24. The number of nitrogens with zero attached hydrogens (tertiary/aromatic N) is 4. The van der Waals surface area contributed by atoms with Gasteiger partial charge in [0, 0.05) is 25.5 Å². The molecule has 7 heteroatoms. The standard InChI is InChI=1S/C11H13N5O2/c12-9(17)8-10-13-2-1-3-16(10)14-11(8)15-4-6-18-7-5-15/h1-3H,4-7H2,(H2,12,17). The molecular weight excluding hydrogens is 234 g/mol. The van der Waals surface area contributed by atoms with Crippen LogP contribution >= 0.6 is 0 Å². The van der Waals surface area contributed by atoms with E-state index in [0.29, 0.717) is 43.3 Å². The summed E-state index contributed by atoms with van der Waals surface area (Å²) in [6, 6.07) is 1.76. The molecule has 1 saturated heterocycles. The molecule has 2 aromatic heterocycles. The van der Waals surface area contributed by atoms with Crippen LogP contribution in [-0.4, -0.2) is 46.8 Å². The van der Waals surface area contributed by atoms with E-state index in [9.17, 15) is 4.79 Å². The SMILES string of the molecule is NC(=O)c1c(N2CCOCC2)nn2cccnc12. The first-order valence-electron chi connectivity index (χ1n) is 5.73. The van der Waals surface area contributed by atoms with Crippen molar-refractivity contribution in [1.29, 1.82) is 0 Å². The number of hydrogen-bond donors (Lipinski definition) is 1. The molecule has 1 fully saturated rings. The van der Waals surface area contributed by atoms with Gasteiger partial charge in [-0.2, -0.15) is 0 Å². The molecule has 0 unspecified atom stereocenters. The van der Waals surface area contributed by atoms with Gasteiger partial charge in [0.2, 0.25) is 0 Å². The van der Waals surface area contributed by atoms with Crippen LogP contribution in [0, 0.1) is 0 Å². The molecule has 18 heavy (non-hydrogen) atoms. The fourth-order valence-corrected chi connectivity index (χ4v) is 2.09. The number of fused-ring (bicyclic) bond motifs is 1. The van der Waals surface area contributed by atoms with E-state index in [4.69, 9.17) is 10.5 Å². The van der Waals surface area contributed by atoms with Crippen LogP contribution in [0.25, 0.3) is 5.65 Å². The van der Waals surface area contributed by atoms with Crippen molar-refractivity contribution in [3.05, 3.63) is 24.0 Å². The maximum absolute atomic E-state index is 11.6. The van der Waals surface area contributed by atoms with E-state index in [2.05, 4.69) is 10.1 Å². The van der Waals surface area contributed by atoms with Gasteiger partial charge in [0.15, 0.2) is 11.5 Å². The zero-order chi connectivity index (χ0) is 12.5. The first-order chi connectivity index (χ1) is 8.77. The molecule has 3 heterocycles. The van der Waals surface area contributed by atoms with E-state index < -0.39 is 5.91 Å². The minimum absolute atomic E-state index is 0.373. The number of carbonyl (C=O) groups is 1. The minimum Gasteiger partial charge on any atom is -0.378 e. The maximum atomic E-state index is 11.6. The number of hydrogen-bond acceptors (Lipinski definition) is 5. The molecule has 1 aliphatic rings. The van der Waals surface area contributed by atoms with Gasteiger partial charge in [0.05, 0.1) is 13.2 Å². The molecule has 3 rings (SSSR count). The average Bonchev–Trinajstić information content (AvgIpc) is 2.79. The van der Waals surface area contributed by atoms with Crippen molar-refractivity contribution < 1.29 is 9.53 Å². The molecular formula is C11H13N5O2. The van der Waals surface area contributed by atoms with E-state index in [1.165, 1.54) is 0 Å². The van der Waals surface area contributed by atoms with Crippen LogP contribution in [0.5, 0.6) is 0 Å². The van der Waals surface area contributed by atoms with Crippen LogP contribution in [0.15, 0.2) is 18.5 Å². The van der Waals surface area contributed by atoms with Gasteiger partial charge in [-0.3, -0.25) is 4.79 Å². The number of morpholine rings is 1. The number of ether oxygens (including phenoxy) is 1. The molecule has 2 aromatic rings. The van der Waals surface area contributed by atoms with Crippen LogP contribution in [0.1, 0.15) is 10.4 Å². The summed E-state index contributed by atoms with van der Waals surface area (Å²) in [6.45, 7) is 2.65. The molecule has 0 spiro atoms. The lowest BCUT2D eigenvalue weighted by Crippen LogP contribution is -2.37. The van der Waals surface area contributed by atoms with Crippen LogP contribution in [-0.2, 0) is 4.74 Å². The van der Waals surface area contributed by atoms with Gasteiger partial charge in [-0.1, -0.05) is 0 Å². The fraction of sp³-hybridized carbons (Fsp3) is 0.364. The van der Waals surface area contributed by atoms with Crippen molar-refractivity contribution in [3.8, 4) is 0 Å². The Balaban J connectivity index is 2.14. The van der Waals surface area contributed by atoms with Gasteiger partial charge in [-0.15, -0.1) is 5.10 Å². The van der Waals surface area contributed by atoms with Crippen LogP contribution in [0.3, 0.4) is 0 Å². The summed E-state index contributed by atoms with van der Waals surface area (Å²) in [7, 11) is 0. The Hall–Kier alpha value is -2.15. The van der Waals surface area contributed by atoms with E-state index in [1.807, 2.05) is 4.90 Å². The summed E-state index contributed by atoms with van der Waals surface area (Å²) in [5, 5.41) is 4.38. The summed E-state index contributed by atoms with van der Waals surface area (Å²) in [5.41, 5.74) is 6.31. The number of carbonyl (C=O) groups excluding carboxylic acids is 1. The van der Waals surface area contributed by atoms with Crippen molar-refractivity contribution >= 4 is 17.4 Å². The number of anilines is 1. The van der Waals surface area contributed by atoms with Crippen LogP contribution in [0.4, 0.5) is 5.82 Å². The number of aromatic nitrogens is 3. The molecule has 1 aliphatic heterocycles. The highest BCUT2D eigenvalue weighted by Crippen LogP contribution is 2.22. The van der Waals surface area contributed by atoms with Crippen molar-refractivity contribution in [2.45, 2.75) is 0 Å². The molecule has 0 atom stereocenters. The summed E-state index contributed by atoms with van der Waals surface area (Å²) >= 11 is 0. The Labute approximate surface area is 103 Å². The monoisotopic (exact) mass is 247 g/mol. The van der Waals surface area contributed by atoms with E-state index in [0.717, 1.165) is 0 Å². The van der Waals surface area contributed by atoms with Crippen molar-refractivity contribution in [2.24, 2.45) is 5.73 Å². The summed E-state index contributed by atoms with van der Waals surface area (Å²) in [6.07, 6.45) is 3.37. The van der Waals surface area contributed by atoms with Gasteiger partial charge in [0.1, 0.15) is 5.56 Å². The molecule has 0 radical (unpaired) electrons. The predicted octanol–water partition coefficient (Wildman–Crippen LogP) is -0.335. The normalized spacial score (nSPS) is 16.1. The molecule has 0 aromatic carbocycles. The second-order valence-electron chi connectivity index (χ2n) is 4.05. The predicted molar refractivity (Wildman–Crippen MR) is 64.5 cm³/mol. The third-order valence-corrected chi connectivity index (χ3v) is 2.93. The highest BCUT2D eigenvalue weighted by molar-refractivity contribution is 6.03. The summed E-state index contributed by atoms with van der Waals surface area (Å²) in [5.74, 6) is 0.0784. The molecule has 1 amide bonds. The largest absolute Gasteiger partial charge is 0.378 e. The Kier molecular flexibility index (Phi) is 2.60. The topological polar surface area (TPSA) is 85.8 Å². The maximum Gasteiger partial charge on any atom is 0.256 e. The number of rotatable bonds is 2. The molecule has 0 bridgehead atoms. The van der Waals surface area contributed by atoms with Gasteiger partial charge in [-0.05, 0) is 6.07 Å². The smallest absolute Gasteiger partial charge is 0.256 e. The summed E-state index contributed by atoms with van der Waals surface area (Å²) < 4.78 is 6.86. The highest BCUT2D eigenvalue weighted by atomic mass is 16.5. The van der Waals surface area contributed by atoms with E-state index in [-0.39, 0.29) is 0 Å². The Morgan fingerprint density at radius 1 is 1.39 bits per heavy atom. The first kappa shape index (κ1) is 11.0. The second-order valence-corrected chi connectivity index (χ2v) is 4.05. The lowest BCUT2D eigenvalue weighted by molar-refractivity contribution is 0.1000. The lowest BCUT2D eigenvalue weighted by Gasteiger charge is -2.27. The summed E-state index contributed by atoms with van der Waals surface area (Å²) in [4.78, 5) is 17.8. The Bertz CT molecular complexity index is 588. The average molecular weight is 247 g/mol. The zero-order valence-electron chi connectivity index (χ0n) is 9.74. The number of nitrogens with two attached hydrogens (primary N) is 1. The van der Waals surface area contributed by atoms with Gasteiger partial charge >= 0.3 is 0 Å². The molecule has 2 N–H and O–H groups in total. The number of primary amides is 1. The third kappa shape index (κ3) is 1.68. The van der Waals surface area contributed by atoms with E-state index >= 15 is 0 Å². The Morgan fingerprint density at radius 2 is 2.17 bits per heavy atom. The van der Waals surface area contributed by atoms with Crippen molar-refractivity contribution in [3.63, 3.8) is 0 Å². The zero-order valence-corrected chi connectivity index (χ0v) is 9.74. The molecule has 0 aliphatic carbocycles. The van der Waals surface area contributed by atoms with Gasteiger partial charge in [-0.25, -0.2) is 9.50 Å². The quantitative estimate of drug-likeness (QED) is 0.785. The fourth-order valence-electron chi connectivity index (χ4n) is 2.09.